The van der Waals surface area contributed by atoms with Crippen LogP contribution < -0.4 is 5.43 Å². The second kappa shape index (κ2) is 6.12. The summed E-state index contributed by atoms with van der Waals surface area (Å²) in [6, 6.07) is 0.529. The molecule has 1 heterocycles. The van der Waals surface area contributed by atoms with Crippen LogP contribution in [0.25, 0.3) is 0 Å². The minimum atomic E-state index is 0.485. The molecule has 2 fully saturated rings. The molecular weight excluding hydrogens is 257 g/mol. The predicted octanol–water partition coefficient (Wildman–Crippen LogP) is 2.43. The van der Waals surface area contributed by atoms with E-state index in [1.54, 1.807) is 0 Å². The molecule has 2 rings (SSSR count). The molecule has 0 bridgehead atoms. The maximum atomic E-state index is 4.55. The first kappa shape index (κ1) is 15.9. The monoisotopic (exact) mass is 285 g/mol. The number of likely N-dealkylation sites (tertiary alicyclic amines) is 1. The summed E-state index contributed by atoms with van der Waals surface area (Å²) in [5, 5.41) is 4.55. The zero-order valence-corrected chi connectivity index (χ0v) is 14.0. The molecule has 1 aliphatic carbocycles. The zero-order chi connectivity index (χ0) is 15.6. The molecule has 2 aliphatic rings. The van der Waals surface area contributed by atoms with Crippen molar-refractivity contribution in [2.75, 3.05) is 13.1 Å². The fourth-order valence-electron chi connectivity index (χ4n) is 3.35. The number of hydrogen-bond acceptors (Lipinski definition) is 3. The van der Waals surface area contributed by atoms with Gasteiger partial charge in [-0.05, 0) is 51.5 Å². The summed E-state index contributed by atoms with van der Waals surface area (Å²) in [6.07, 6.45) is 5.58. The smallest absolute Gasteiger partial charge is 0.141 e. The van der Waals surface area contributed by atoms with E-state index in [0.717, 1.165) is 24.5 Å². The zero-order valence-electron chi connectivity index (χ0n) is 14.0. The van der Waals surface area contributed by atoms with Crippen LogP contribution in [-0.4, -0.2) is 37.6 Å². The van der Waals surface area contributed by atoms with Gasteiger partial charge < -0.3 is 10.3 Å². The number of nitrogens with zero attached hydrogens (tertiary/aromatic N) is 2. The highest BCUT2D eigenvalue weighted by Crippen LogP contribution is 2.48. The minimum absolute atomic E-state index is 0.485. The Balaban J connectivity index is 1.83. The van der Waals surface area contributed by atoms with Crippen LogP contribution in [0.15, 0.2) is 41.1 Å². The van der Waals surface area contributed by atoms with Crippen molar-refractivity contribution >= 4 is 13.6 Å². The lowest BCUT2D eigenvalue weighted by atomic mass is 9.65. The van der Waals surface area contributed by atoms with Crippen molar-refractivity contribution in [3.63, 3.8) is 0 Å². The molecule has 1 spiro atoms. The number of nitrogens with one attached hydrogen (secondary N) is 1. The van der Waals surface area contributed by atoms with E-state index >= 15 is 0 Å². The molecule has 0 atom stereocenters. The third-order valence-electron chi connectivity index (χ3n) is 5.15. The van der Waals surface area contributed by atoms with Gasteiger partial charge in [-0.25, -0.2) is 0 Å². The average molecular weight is 285 g/mol. The van der Waals surface area contributed by atoms with Crippen LogP contribution in [0.5, 0.6) is 0 Å². The maximum absolute atomic E-state index is 4.55. The van der Waals surface area contributed by atoms with Gasteiger partial charge in [-0.2, -0.15) is 5.10 Å². The van der Waals surface area contributed by atoms with E-state index in [-0.39, 0.29) is 0 Å². The van der Waals surface area contributed by atoms with Gasteiger partial charge in [0.15, 0.2) is 0 Å². The molecule has 1 saturated heterocycles. The summed E-state index contributed by atoms with van der Waals surface area (Å²) in [5.41, 5.74) is 8.62. The van der Waals surface area contributed by atoms with Crippen LogP contribution in [0.3, 0.4) is 0 Å². The van der Waals surface area contributed by atoms with Gasteiger partial charge >= 0.3 is 0 Å². The van der Waals surface area contributed by atoms with Crippen LogP contribution in [0.1, 0.15) is 40.0 Å². The van der Waals surface area contributed by atoms with E-state index in [1.807, 2.05) is 6.08 Å². The standard InChI is InChI=1S/C17H28BN3/c1-6-13(4)21-8-7-17(11-21)9-15(10-17)20-19-14(5)16(18)12(2)3/h6,15,20H,1,4,7-11,18H2,2-3,5H3/b19-14-. The van der Waals surface area contributed by atoms with Crippen molar-refractivity contribution in [3.8, 4) is 0 Å². The first-order valence-electron chi connectivity index (χ1n) is 7.87. The largest absolute Gasteiger partial charge is 0.371 e. The number of hydrogen-bond donors (Lipinski definition) is 1. The topological polar surface area (TPSA) is 27.6 Å². The second-order valence-electron chi connectivity index (χ2n) is 6.92. The summed E-state index contributed by atoms with van der Waals surface area (Å²) < 4.78 is 0. The molecule has 0 aromatic carbocycles. The first-order chi connectivity index (χ1) is 9.87. The molecule has 3 nitrogen and oxygen atoms in total. The first-order valence-corrected chi connectivity index (χ1v) is 7.87. The van der Waals surface area contributed by atoms with Gasteiger partial charge in [0, 0.05) is 24.8 Å². The van der Waals surface area contributed by atoms with Gasteiger partial charge in [0.25, 0.3) is 0 Å². The van der Waals surface area contributed by atoms with Crippen molar-refractivity contribution in [1.82, 2.24) is 10.3 Å². The number of rotatable bonds is 5. The van der Waals surface area contributed by atoms with Crippen LogP contribution in [-0.2, 0) is 0 Å². The van der Waals surface area contributed by atoms with Crippen molar-refractivity contribution in [1.29, 1.82) is 0 Å². The van der Waals surface area contributed by atoms with E-state index in [4.69, 9.17) is 0 Å². The average Bonchev–Trinajstić information content (AvgIpc) is 2.86. The molecule has 4 heteroatoms. The molecule has 1 N–H and O–H groups in total. The van der Waals surface area contributed by atoms with Crippen molar-refractivity contribution in [2.45, 2.75) is 46.1 Å². The summed E-state index contributed by atoms with van der Waals surface area (Å²) in [5.74, 6) is 0. The number of allylic oxidation sites excluding steroid dienone is 3. The Hall–Kier alpha value is -1.45. The van der Waals surface area contributed by atoms with E-state index in [2.05, 4.69) is 57.2 Å². The molecule has 114 valence electrons. The van der Waals surface area contributed by atoms with Gasteiger partial charge in [0.05, 0.1) is 5.71 Å². The predicted molar refractivity (Wildman–Crippen MR) is 94.1 cm³/mol. The lowest BCUT2D eigenvalue weighted by molar-refractivity contribution is 0.0956. The molecule has 0 unspecified atom stereocenters. The van der Waals surface area contributed by atoms with Crippen LogP contribution in [0.2, 0.25) is 0 Å². The van der Waals surface area contributed by atoms with Gasteiger partial charge in [-0.1, -0.05) is 24.2 Å². The van der Waals surface area contributed by atoms with Crippen LogP contribution in [0, 0.1) is 5.41 Å². The van der Waals surface area contributed by atoms with Crippen molar-refractivity contribution < 1.29 is 0 Å². The van der Waals surface area contributed by atoms with Crippen molar-refractivity contribution in [3.05, 3.63) is 36.0 Å². The fourth-order valence-corrected chi connectivity index (χ4v) is 3.35. The Morgan fingerprint density at radius 3 is 2.62 bits per heavy atom. The Kier molecular flexibility index (Phi) is 4.65. The summed E-state index contributed by atoms with van der Waals surface area (Å²) in [7, 11) is 2.13. The summed E-state index contributed by atoms with van der Waals surface area (Å²) in [6.45, 7) is 16.5. The highest BCUT2D eigenvalue weighted by Gasteiger charge is 2.48. The van der Waals surface area contributed by atoms with Crippen LogP contribution >= 0.6 is 0 Å². The molecule has 0 radical (unpaired) electrons. The van der Waals surface area contributed by atoms with Crippen molar-refractivity contribution in [2.24, 2.45) is 10.5 Å². The van der Waals surface area contributed by atoms with Gasteiger partial charge in [-0.15, -0.1) is 0 Å². The Morgan fingerprint density at radius 2 is 2.05 bits per heavy atom. The molecular formula is C17H28BN3. The molecule has 0 amide bonds. The molecule has 1 aliphatic heterocycles. The van der Waals surface area contributed by atoms with E-state index in [9.17, 15) is 0 Å². The highest BCUT2D eigenvalue weighted by molar-refractivity contribution is 6.37. The van der Waals surface area contributed by atoms with E-state index < -0.39 is 0 Å². The van der Waals surface area contributed by atoms with Gasteiger partial charge in [0.2, 0.25) is 0 Å². The Labute approximate surface area is 130 Å². The minimum Gasteiger partial charge on any atom is -0.371 e. The molecule has 0 aromatic rings. The highest BCUT2D eigenvalue weighted by atomic mass is 15.3. The SMILES string of the molecule is BC(=C(C)C)/C(C)=N\NC1CC2(CCN(C(=C)C=C)C2)C1. The summed E-state index contributed by atoms with van der Waals surface area (Å²) in [4.78, 5) is 2.37. The van der Waals surface area contributed by atoms with Crippen LogP contribution in [0.4, 0.5) is 0 Å². The third-order valence-corrected chi connectivity index (χ3v) is 5.15. The summed E-state index contributed by atoms with van der Waals surface area (Å²) >= 11 is 0. The molecule has 21 heavy (non-hydrogen) atoms. The van der Waals surface area contributed by atoms with E-state index in [1.165, 1.54) is 30.3 Å². The Bertz CT molecular complexity index is 494. The molecule has 1 saturated carbocycles. The fraction of sp³-hybridized carbons (Fsp3) is 0.588. The quantitative estimate of drug-likeness (QED) is 0.363. The second-order valence-corrected chi connectivity index (χ2v) is 6.92. The third kappa shape index (κ3) is 3.42. The van der Waals surface area contributed by atoms with Gasteiger partial charge in [0.1, 0.15) is 7.85 Å². The molecule has 0 aromatic heterocycles. The lowest BCUT2D eigenvalue weighted by Gasteiger charge is -2.45. The number of hydrazone groups is 1. The van der Waals surface area contributed by atoms with E-state index in [0.29, 0.717) is 11.5 Å². The normalized spacial score (nSPS) is 28.2. The Morgan fingerprint density at radius 1 is 1.38 bits per heavy atom. The lowest BCUT2D eigenvalue weighted by Crippen LogP contribution is -2.48. The van der Waals surface area contributed by atoms with Gasteiger partial charge in [-0.3, -0.25) is 0 Å². The maximum Gasteiger partial charge on any atom is 0.141 e.